The van der Waals surface area contributed by atoms with E-state index in [1.54, 1.807) is 0 Å². The zero-order chi connectivity index (χ0) is 15.8. The molecule has 2 N–H and O–H groups in total. The molecule has 0 spiro atoms. The third kappa shape index (κ3) is 3.06. The van der Waals surface area contributed by atoms with Gasteiger partial charge in [0.2, 0.25) is 10.0 Å². The summed E-state index contributed by atoms with van der Waals surface area (Å²) in [6.45, 7) is 2.27. The fourth-order valence-corrected chi connectivity index (χ4v) is 3.27. The summed E-state index contributed by atoms with van der Waals surface area (Å²) in [5, 5.41) is 13.4. The van der Waals surface area contributed by atoms with Crippen molar-refractivity contribution >= 4 is 10.0 Å². The van der Waals surface area contributed by atoms with E-state index in [-0.39, 0.29) is 23.5 Å². The first-order chi connectivity index (χ1) is 10.4. The Morgan fingerprint density at radius 3 is 2.59 bits per heavy atom. The number of aliphatic hydroxyl groups excluding tert-OH is 1. The molecule has 1 aromatic carbocycles. The molecule has 0 atom stereocenters. The predicted octanol–water partition coefficient (Wildman–Crippen LogP) is 1.23. The fourth-order valence-electron chi connectivity index (χ4n) is 2.18. The van der Waals surface area contributed by atoms with Crippen molar-refractivity contribution in [2.24, 2.45) is 5.41 Å². The maximum atomic E-state index is 12.3. The quantitative estimate of drug-likeness (QED) is 0.838. The number of sulfonamides is 1. The van der Waals surface area contributed by atoms with Crippen LogP contribution < -0.4 is 4.72 Å². The molecule has 0 radical (unpaired) electrons. The van der Waals surface area contributed by atoms with E-state index in [1.165, 1.54) is 17.1 Å². The second-order valence-corrected chi connectivity index (χ2v) is 7.71. The molecule has 3 rings (SSSR count). The summed E-state index contributed by atoms with van der Waals surface area (Å²) in [7, 11) is -3.60. The molecule has 1 saturated carbocycles. The zero-order valence-electron chi connectivity index (χ0n) is 12.4. The number of hydrogen-bond donors (Lipinski definition) is 2. The molecule has 1 heterocycles. The Bertz CT molecular complexity index is 762. The first kappa shape index (κ1) is 15.2. The van der Waals surface area contributed by atoms with Crippen molar-refractivity contribution in [3.05, 3.63) is 42.2 Å². The van der Waals surface area contributed by atoms with Crippen LogP contribution in [0.15, 0.2) is 41.6 Å². The van der Waals surface area contributed by atoms with Crippen LogP contribution >= 0.6 is 0 Å². The van der Waals surface area contributed by atoms with Gasteiger partial charge in [-0.25, -0.2) is 17.8 Å². The van der Waals surface area contributed by atoms with Crippen LogP contribution in [0.1, 0.15) is 18.4 Å². The van der Waals surface area contributed by atoms with E-state index in [2.05, 4.69) is 9.82 Å². The van der Waals surface area contributed by atoms with Crippen molar-refractivity contribution in [1.82, 2.24) is 14.5 Å². The van der Waals surface area contributed by atoms with Crippen LogP contribution in [0, 0.1) is 12.3 Å². The van der Waals surface area contributed by atoms with E-state index in [4.69, 9.17) is 0 Å². The van der Waals surface area contributed by atoms with Crippen LogP contribution in [-0.4, -0.2) is 36.5 Å². The van der Waals surface area contributed by atoms with Crippen LogP contribution in [0.2, 0.25) is 0 Å². The highest BCUT2D eigenvalue weighted by Gasteiger charge is 2.42. The van der Waals surface area contributed by atoms with Gasteiger partial charge >= 0.3 is 0 Å². The summed E-state index contributed by atoms with van der Waals surface area (Å²) >= 11 is 0. The minimum atomic E-state index is -3.60. The molecule has 0 aliphatic heterocycles. The Morgan fingerprint density at radius 2 is 2.00 bits per heavy atom. The van der Waals surface area contributed by atoms with Gasteiger partial charge in [0.1, 0.15) is 4.90 Å². The largest absolute Gasteiger partial charge is 0.396 e. The molecule has 0 amide bonds. The SMILES string of the molecule is Cc1ccc(-n2cc(S(=O)(=O)NCC3(CO)CC3)cn2)cc1. The molecule has 1 aliphatic carbocycles. The molecule has 0 saturated heterocycles. The van der Waals surface area contributed by atoms with Gasteiger partial charge in [-0.3, -0.25) is 0 Å². The second-order valence-electron chi connectivity index (χ2n) is 5.94. The van der Waals surface area contributed by atoms with Gasteiger partial charge in [0.25, 0.3) is 0 Å². The lowest BCUT2D eigenvalue weighted by atomic mass is 10.1. The average Bonchev–Trinajstić information content (AvgIpc) is 3.12. The van der Waals surface area contributed by atoms with E-state index in [0.29, 0.717) is 0 Å². The highest BCUT2D eigenvalue weighted by molar-refractivity contribution is 7.89. The monoisotopic (exact) mass is 321 g/mol. The maximum Gasteiger partial charge on any atom is 0.243 e. The van der Waals surface area contributed by atoms with Gasteiger partial charge in [-0.1, -0.05) is 17.7 Å². The second kappa shape index (κ2) is 5.49. The highest BCUT2D eigenvalue weighted by Crippen LogP contribution is 2.44. The standard InChI is InChI=1S/C15H19N3O3S/c1-12-2-4-13(5-3-12)18-9-14(8-16-18)22(20,21)17-10-15(11-19)6-7-15/h2-5,8-9,17,19H,6-7,10-11H2,1H3. The molecule has 6 nitrogen and oxygen atoms in total. The topological polar surface area (TPSA) is 84.2 Å². The number of rotatable bonds is 6. The normalized spacial score (nSPS) is 16.6. The zero-order valence-corrected chi connectivity index (χ0v) is 13.2. The molecule has 1 fully saturated rings. The molecule has 0 unspecified atom stereocenters. The number of aliphatic hydroxyl groups is 1. The lowest BCUT2D eigenvalue weighted by Gasteiger charge is -2.12. The number of benzene rings is 1. The first-order valence-electron chi connectivity index (χ1n) is 7.16. The van der Waals surface area contributed by atoms with Gasteiger partial charge in [0.05, 0.1) is 18.1 Å². The van der Waals surface area contributed by atoms with Crippen molar-refractivity contribution < 1.29 is 13.5 Å². The Labute approximate surface area is 129 Å². The van der Waals surface area contributed by atoms with Gasteiger partial charge in [0, 0.05) is 18.6 Å². The minimum absolute atomic E-state index is 0.0121. The van der Waals surface area contributed by atoms with Crippen LogP contribution in [0.25, 0.3) is 5.69 Å². The third-order valence-corrected chi connectivity index (χ3v) is 5.45. The van der Waals surface area contributed by atoms with Gasteiger partial charge < -0.3 is 5.11 Å². The molecule has 118 valence electrons. The molecule has 2 aromatic rings. The average molecular weight is 321 g/mol. The molecule has 0 bridgehead atoms. The fraction of sp³-hybridized carbons (Fsp3) is 0.400. The Kier molecular flexibility index (Phi) is 3.80. The van der Waals surface area contributed by atoms with Gasteiger partial charge in [-0.2, -0.15) is 5.10 Å². The Balaban J connectivity index is 1.76. The van der Waals surface area contributed by atoms with Gasteiger partial charge in [-0.15, -0.1) is 0 Å². The van der Waals surface area contributed by atoms with Crippen molar-refractivity contribution in [2.45, 2.75) is 24.7 Å². The maximum absolute atomic E-state index is 12.3. The molecule has 1 aliphatic rings. The number of aryl methyl sites for hydroxylation is 1. The molecular formula is C15H19N3O3S. The first-order valence-corrected chi connectivity index (χ1v) is 8.65. The van der Waals surface area contributed by atoms with Crippen molar-refractivity contribution in [2.75, 3.05) is 13.2 Å². The lowest BCUT2D eigenvalue weighted by Crippen LogP contribution is -2.31. The van der Waals surface area contributed by atoms with E-state index >= 15 is 0 Å². The van der Waals surface area contributed by atoms with Crippen LogP contribution in [0.5, 0.6) is 0 Å². The smallest absolute Gasteiger partial charge is 0.243 e. The molecule has 1 aromatic heterocycles. The summed E-state index contributed by atoms with van der Waals surface area (Å²) in [5.41, 5.74) is 1.67. The summed E-state index contributed by atoms with van der Waals surface area (Å²) in [6.07, 6.45) is 4.54. The van der Waals surface area contributed by atoms with Crippen LogP contribution in [-0.2, 0) is 10.0 Å². The van der Waals surface area contributed by atoms with Crippen molar-refractivity contribution in [1.29, 1.82) is 0 Å². The molecule has 22 heavy (non-hydrogen) atoms. The van der Waals surface area contributed by atoms with E-state index < -0.39 is 10.0 Å². The number of aromatic nitrogens is 2. The van der Waals surface area contributed by atoms with E-state index in [0.717, 1.165) is 24.1 Å². The summed E-state index contributed by atoms with van der Waals surface area (Å²) in [6, 6.07) is 7.66. The molecule has 7 heteroatoms. The summed E-state index contributed by atoms with van der Waals surface area (Å²) in [5.74, 6) is 0. The highest BCUT2D eigenvalue weighted by atomic mass is 32.2. The number of nitrogens with zero attached hydrogens (tertiary/aromatic N) is 2. The Hall–Kier alpha value is -1.70. The van der Waals surface area contributed by atoms with Gasteiger partial charge in [0.15, 0.2) is 0 Å². The van der Waals surface area contributed by atoms with Gasteiger partial charge in [-0.05, 0) is 31.9 Å². The number of hydrogen-bond acceptors (Lipinski definition) is 4. The lowest BCUT2D eigenvalue weighted by molar-refractivity contribution is 0.213. The van der Waals surface area contributed by atoms with Crippen molar-refractivity contribution in [3.8, 4) is 5.69 Å². The predicted molar refractivity (Wildman–Crippen MR) is 82.2 cm³/mol. The van der Waals surface area contributed by atoms with Crippen LogP contribution in [0.4, 0.5) is 0 Å². The Morgan fingerprint density at radius 1 is 1.32 bits per heavy atom. The third-order valence-electron chi connectivity index (χ3n) is 4.10. The summed E-state index contributed by atoms with van der Waals surface area (Å²) < 4.78 is 28.6. The number of nitrogens with one attached hydrogen (secondary N) is 1. The van der Waals surface area contributed by atoms with E-state index in [1.807, 2.05) is 31.2 Å². The van der Waals surface area contributed by atoms with E-state index in [9.17, 15) is 13.5 Å². The minimum Gasteiger partial charge on any atom is -0.396 e. The van der Waals surface area contributed by atoms with Crippen LogP contribution in [0.3, 0.4) is 0 Å². The van der Waals surface area contributed by atoms with Crippen molar-refractivity contribution in [3.63, 3.8) is 0 Å². The molecular weight excluding hydrogens is 302 g/mol. The summed E-state index contributed by atoms with van der Waals surface area (Å²) in [4.78, 5) is 0.127.